The van der Waals surface area contributed by atoms with Crippen LogP contribution in [0.3, 0.4) is 0 Å². The van der Waals surface area contributed by atoms with Gasteiger partial charge in [0.2, 0.25) is 0 Å². The molecule has 0 aliphatic heterocycles. The maximum atomic E-state index is 2.77. The van der Waals surface area contributed by atoms with Crippen LogP contribution in [0.1, 0.15) is 117 Å². The molecule has 0 radical (unpaired) electrons. The Morgan fingerprint density at radius 3 is 1.00 bits per heavy atom. The van der Waals surface area contributed by atoms with Crippen molar-refractivity contribution in [3.05, 3.63) is 0 Å². The lowest BCUT2D eigenvalue weighted by Crippen LogP contribution is -2.96. The summed E-state index contributed by atoms with van der Waals surface area (Å²) in [4.78, 5) is 0. The first-order valence-electron chi connectivity index (χ1n) is 12.5. The maximum Gasteiger partial charge on any atom is -0.0131 e. The van der Waals surface area contributed by atoms with E-state index in [1.165, 1.54) is 6.42 Å². The first kappa shape index (κ1) is 20.9. The van der Waals surface area contributed by atoms with Crippen LogP contribution >= 0.6 is 0 Å². The predicted octanol–water partition coefficient (Wildman–Crippen LogP) is 8.60. The molecule has 5 aliphatic carbocycles. The van der Waals surface area contributed by atoms with Gasteiger partial charge in [-0.15, -0.1) is 0 Å². The zero-order valence-corrected chi connectivity index (χ0v) is 22.7. The Hall–Kier alpha value is 0. The molecule has 0 heterocycles. The number of rotatable bonds is 0. The molecule has 0 aromatic carbocycles. The second-order valence-electron chi connectivity index (χ2n) is 16.1. The summed E-state index contributed by atoms with van der Waals surface area (Å²) in [5.74, 6) is 0. The Morgan fingerprint density at radius 1 is 0.310 bits per heavy atom. The normalized spacial score (nSPS) is 68.7. The SMILES string of the molecule is CC1(C)CC2(C)C1(C)C1(C)C(C)(C)C3(C)C4(C)C(C)(C)C(C)(C)C4(C)C3(C)C21C. The molecule has 166 valence electrons. The molecule has 5 rings (SSSR count). The van der Waals surface area contributed by atoms with Gasteiger partial charge in [-0.3, -0.25) is 0 Å². The molecule has 0 aromatic rings. The number of hydrogen-bond acceptors (Lipinski definition) is 0. The smallest absolute Gasteiger partial charge is 0.0131 e. The fraction of sp³-hybridized carbons (Fsp3) is 1.00. The van der Waals surface area contributed by atoms with E-state index in [4.69, 9.17) is 0 Å². The Balaban J connectivity index is 1.92. The van der Waals surface area contributed by atoms with Crippen molar-refractivity contribution in [1.82, 2.24) is 0 Å². The highest BCUT2D eigenvalue weighted by molar-refractivity contribution is 5.56. The van der Waals surface area contributed by atoms with Gasteiger partial charge < -0.3 is 0 Å². The minimum Gasteiger partial charge on any atom is -0.0593 e. The van der Waals surface area contributed by atoms with Crippen LogP contribution in [0.5, 0.6) is 0 Å². The van der Waals surface area contributed by atoms with E-state index in [-0.39, 0.29) is 5.41 Å². The van der Waals surface area contributed by atoms with E-state index in [2.05, 4.69) is 111 Å². The van der Waals surface area contributed by atoms with Gasteiger partial charge in [-0.05, 0) is 71.4 Å². The Kier molecular flexibility index (Phi) is 2.76. The van der Waals surface area contributed by atoms with Gasteiger partial charge in [-0.1, -0.05) is 111 Å². The summed E-state index contributed by atoms with van der Waals surface area (Å²) in [7, 11) is 0. The van der Waals surface area contributed by atoms with Crippen molar-refractivity contribution >= 4 is 0 Å². The van der Waals surface area contributed by atoms with Crippen LogP contribution in [0, 0.1) is 65.0 Å². The molecule has 0 amide bonds. The third kappa shape index (κ3) is 0.952. The number of fused-ring (bicyclic) bond motifs is 9. The van der Waals surface area contributed by atoms with Gasteiger partial charge in [0.05, 0.1) is 0 Å². The molecular formula is C29H50. The Bertz CT molecular complexity index is 882. The van der Waals surface area contributed by atoms with E-state index < -0.39 is 0 Å². The molecule has 8 atom stereocenters. The average molecular weight is 399 g/mol. The highest BCUT2D eigenvalue weighted by Crippen LogP contribution is 3.14. The van der Waals surface area contributed by atoms with Crippen molar-refractivity contribution in [3.63, 3.8) is 0 Å². The molecule has 0 bridgehead atoms. The monoisotopic (exact) mass is 398 g/mol. The summed E-state index contributed by atoms with van der Waals surface area (Å²) in [6, 6.07) is 0. The van der Waals surface area contributed by atoms with Gasteiger partial charge in [0.1, 0.15) is 0 Å². The third-order valence-corrected chi connectivity index (χ3v) is 17.9. The predicted molar refractivity (Wildman–Crippen MR) is 125 cm³/mol. The second-order valence-corrected chi connectivity index (χ2v) is 16.1. The largest absolute Gasteiger partial charge is 0.0593 e. The fourth-order valence-electron chi connectivity index (χ4n) is 15.4. The van der Waals surface area contributed by atoms with Crippen molar-refractivity contribution in [2.24, 2.45) is 65.0 Å². The Morgan fingerprint density at radius 2 is 0.621 bits per heavy atom. The summed E-state index contributed by atoms with van der Waals surface area (Å²) in [6.45, 7) is 42.8. The van der Waals surface area contributed by atoms with Crippen LogP contribution in [-0.4, -0.2) is 0 Å². The zero-order valence-electron chi connectivity index (χ0n) is 22.7. The van der Waals surface area contributed by atoms with E-state index in [0.29, 0.717) is 59.6 Å². The van der Waals surface area contributed by atoms with Crippen molar-refractivity contribution < 1.29 is 0 Å². The molecule has 0 aromatic heterocycles. The van der Waals surface area contributed by atoms with Gasteiger partial charge in [0, 0.05) is 0 Å². The topological polar surface area (TPSA) is 0 Å². The lowest BCUT2D eigenvalue weighted by atomic mass is 9.03. The van der Waals surface area contributed by atoms with Gasteiger partial charge in [-0.25, -0.2) is 0 Å². The summed E-state index contributed by atoms with van der Waals surface area (Å²) >= 11 is 0. The molecule has 0 heteroatoms. The molecule has 8 unspecified atom stereocenters. The first-order chi connectivity index (χ1) is 12.5. The van der Waals surface area contributed by atoms with Crippen molar-refractivity contribution in [1.29, 1.82) is 0 Å². The third-order valence-electron chi connectivity index (χ3n) is 17.9. The van der Waals surface area contributed by atoms with Gasteiger partial charge >= 0.3 is 0 Å². The van der Waals surface area contributed by atoms with Crippen molar-refractivity contribution in [2.45, 2.75) is 117 Å². The van der Waals surface area contributed by atoms with E-state index >= 15 is 0 Å². The minimum absolute atomic E-state index is 0.289. The highest BCUT2D eigenvalue weighted by atomic mass is 15.1. The van der Waals surface area contributed by atoms with Gasteiger partial charge in [0.15, 0.2) is 0 Å². The molecule has 0 spiro atoms. The van der Waals surface area contributed by atoms with Crippen LogP contribution in [0.25, 0.3) is 0 Å². The lowest BCUT2D eigenvalue weighted by Gasteiger charge is -3.00. The summed E-state index contributed by atoms with van der Waals surface area (Å²) in [5, 5.41) is 0. The zero-order chi connectivity index (χ0) is 22.7. The van der Waals surface area contributed by atoms with E-state index in [9.17, 15) is 0 Å². The van der Waals surface area contributed by atoms with Crippen molar-refractivity contribution in [2.75, 3.05) is 0 Å². The minimum atomic E-state index is 0.289. The molecular weight excluding hydrogens is 348 g/mol. The van der Waals surface area contributed by atoms with Crippen molar-refractivity contribution in [3.8, 4) is 0 Å². The molecule has 5 aliphatic rings. The van der Waals surface area contributed by atoms with E-state index in [0.717, 1.165) is 0 Å². The molecule has 0 nitrogen and oxygen atoms in total. The highest BCUT2D eigenvalue weighted by Gasteiger charge is 3.10. The summed E-state index contributed by atoms with van der Waals surface area (Å²) in [5.41, 5.74) is 4.30. The second kappa shape index (κ2) is 3.83. The fourth-order valence-corrected chi connectivity index (χ4v) is 15.4. The average Bonchev–Trinajstić information content (AvgIpc) is 2.66. The van der Waals surface area contributed by atoms with Crippen LogP contribution in [0.15, 0.2) is 0 Å². The van der Waals surface area contributed by atoms with Crippen LogP contribution in [0.2, 0.25) is 0 Å². The van der Waals surface area contributed by atoms with Gasteiger partial charge in [0.25, 0.3) is 0 Å². The first-order valence-corrected chi connectivity index (χ1v) is 12.5. The Labute approximate surface area is 182 Å². The van der Waals surface area contributed by atoms with Crippen LogP contribution < -0.4 is 0 Å². The molecule has 5 saturated carbocycles. The standard InChI is InChI=1S/C29H50/c1-18(2)17-22(9)23(18,10)26(13)21(7,8)27(14)24(11)19(3,4)20(5,6)25(24,12)29(27,16)28(22,26)15/h17H2,1-16H3. The lowest BCUT2D eigenvalue weighted by molar-refractivity contribution is -0.540. The molecule has 5 fully saturated rings. The quantitative estimate of drug-likeness (QED) is 0.383. The summed E-state index contributed by atoms with van der Waals surface area (Å²) < 4.78 is 0. The van der Waals surface area contributed by atoms with E-state index in [1.54, 1.807) is 0 Å². The summed E-state index contributed by atoms with van der Waals surface area (Å²) in [6.07, 6.45) is 1.39. The van der Waals surface area contributed by atoms with Gasteiger partial charge in [-0.2, -0.15) is 0 Å². The number of hydrogen-bond donors (Lipinski definition) is 0. The van der Waals surface area contributed by atoms with Crippen LogP contribution in [-0.2, 0) is 0 Å². The molecule has 0 N–H and O–H groups in total. The van der Waals surface area contributed by atoms with E-state index in [1.807, 2.05) is 0 Å². The van der Waals surface area contributed by atoms with Crippen LogP contribution in [0.4, 0.5) is 0 Å². The molecule has 0 saturated heterocycles. The molecule has 29 heavy (non-hydrogen) atoms. The maximum absolute atomic E-state index is 2.77.